The maximum Gasteiger partial charge on any atom is 0.345 e. The molecule has 0 radical (unpaired) electrons. The number of carbonyl (C=O) groups is 3. The average Bonchev–Trinajstić information content (AvgIpc) is 3.00. The highest BCUT2D eigenvalue weighted by Crippen LogP contribution is 2.36. The molecule has 10 heteroatoms. The maximum atomic E-state index is 12.4. The van der Waals surface area contributed by atoms with Gasteiger partial charge in [-0.3, -0.25) is 24.6 Å². The van der Waals surface area contributed by atoms with E-state index >= 15 is 0 Å². The van der Waals surface area contributed by atoms with Crippen molar-refractivity contribution in [2.24, 2.45) is 0 Å². The van der Waals surface area contributed by atoms with Crippen LogP contribution in [-0.2, 0) is 4.74 Å². The lowest BCUT2D eigenvalue weighted by Crippen LogP contribution is -2.31. The van der Waals surface area contributed by atoms with Crippen molar-refractivity contribution in [1.82, 2.24) is 4.90 Å². The number of hydrogen-bond acceptors (Lipinski definition) is 8. The summed E-state index contributed by atoms with van der Waals surface area (Å²) in [5.74, 6) is -1.28. The highest BCUT2D eigenvalue weighted by molar-refractivity contribution is 6.21. The lowest BCUT2D eigenvalue weighted by Gasteiger charge is -2.18. The molecule has 0 fully saturated rings. The van der Waals surface area contributed by atoms with Gasteiger partial charge in [-0.1, -0.05) is 12.1 Å². The second-order valence-corrected chi connectivity index (χ2v) is 6.57. The largest absolute Gasteiger partial charge is 0.486 e. The molecule has 4 rings (SSSR count). The topological polar surface area (TPSA) is 125 Å². The molecule has 0 saturated heterocycles. The number of ether oxygens (including phenoxy) is 3. The number of nitro groups is 1. The summed E-state index contributed by atoms with van der Waals surface area (Å²) < 4.78 is 15.8. The smallest absolute Gasteiger partial charge is 0.345 e. The van der Waals surface area contributed by atoms with Crippen molar-refractivity contribution in [3.8, 4) is 11.5 Å². The first-order valence-electron chi connectivity index (χ1n) is 9.18. The minimum Gasteiger partial charge on any atom is -0.486 e. The van der Waals surface area contributed by atoms with Crippen molar-refractivity contribution >= 4 is 23.5 Å². The summed E-state index contributed by atoms with van der Waals surface area (Å²) in [5, 5.41) is 11.3. The van der Waals surface area contributed by atoms with Crippen LogP contribution in [0.2, 0.25) is 0 Å². The van der Waals surface area contributed by atoms with Crippen LogP contribution in [0.15, 0.2) is 36.4 Å². The lowest BCUT2D eigenvalue weighted by atomic mass is 10.1. The van der Waals surface area contributed by atoms with Gasteiger partial charge in [-0.2, -0.15) is 0 Å². The summed E-state index contributed by atoms with van der Waals surface area (Å²) in [6.07, 6.45) is 0.190. The number of nitrogens with zero attached hydrogens (tertiary/aromatic N) is 2. The highest BCUT2D eigenvalue weighted by Gasteiger charge is 2.34. The first-order valence-corrected chi connectivity index (χ1v) is 9.18. The van der Waals surface area contributed by atoms with Gasteiger partial charge in [0, 0.05) is 12.6 Å². The van der Waals surface area contributed by atoms with Crippen molar-refractivity contribution in [3.05, 3.63) is 63.2 Å². The van der Waals surface area contributed by atoms with Gasteiger partial charge in [0.25, 0.3) is 17.5 Å². The van der Waals surface area contributed by atoms with Crippen LogP contribution in [0.25, 0.3) is 0 Å². The predicted octanol–water partition coefficient (Wildman–Crippen LogP) is 2.21. The molecule has 0 bridgehead atoms. The van der Waals surface area contributed by atoms with E-state index in [1.807, 2.05) is 0 Å². The Bertz CT molecular complexity index is 1030. The van der Waals surface area contributed by atoms with Crippen molar-refractivity contribution < 1.29 is 33.5 Å². The molecule has 2 amide bonds. The zero-order chi connectivity index (χ0) is 21.3. The molecule has 2 aromatic rings. The van der Waals surface area contributed by atoms with E-state index < -0.39 is 28.4 Å². The number of rotatable bonds is 6. The maximum absolute atomic E-state index is 12.4. The molecular weight excluding hydrogens is 396 g/mol. The van der Waals surface area contributed by atoms with Crippen molar-refractivity contribution in [2.75, 3.05) is 26.4 Å². The van der Waals surface area contributed by atoms with Crippen LogP contribution in [0.5, 0.6) is 11.5 Å². The SMILES string of the molecule is O=C(OCCCN1C(=O)c2ccccc2C1=O)c1cc2c(cc1[N+](=O)[O-])OCCO2. The van der Waals surface area contributed by atoms with E-state index in [9.17, 15) is 24.5 Å². The number of hydrogen-bond donors (Lipinski definition) is 0. The summed E-state index contributed by atoms with van der Waals surface area (Å²) in [6, 6.07) is 8.86. The van der Waals surface area contributed by atoms with Crippen LogP contribution < -0.4 is 9.47 Å². The lowest BCUT2D eigenvalue weighted by molar-refractivity contribution is -0.385. The van der Waals surface area contributed by atoms with Crippen LogP contribution in [0.3, 0.4) is 0 Å². The quantitative estimate of drug-likeness (QED) is 0.232. The molecule has 2 heterocycles. The second kappa shape index (κ2) is 7.82. The predicted molar refractivity (Wildman–Crippen MR) is 101 cm³/mol. The van der Waals surface area contributed by atoms with Crippen LogP contribution in [0, 0.1) is 10.1 Å². The van der Waals surface area contributed by atoms with Gasteiger partial charge < -0.3 is 14.2 Å². The Hall–Kier alpha value is -3.95. The van der Waals surface area contributed by atoms with Crippen LogP contribution in [0.1, 0.15) is 37.5 Å². The van der Waals surface area contributed by atoms with Gasteiger partial charge in [0.05, 0.1) is 28.7 Å². The molecule has 0 spiro atoms. The number of nitro benzene ring substituents is 1. The minimum atomic E-state index is -0.902. The number of amides is 2. The second-order valence-electron chi connectivity index (χ2n) is 6.57. The summed E-state index contributed by atoms with van der Waals surface area (Å²) in [7, 11) is 0. The Morgan fingerprint density at radius 3 is 2.27 bits per heavy atom. The monoisotopic (exact) mass is 412 g/mol. The van der Waals surface area contributed by atoms with Crippen LogP contribution >= 0.6 is 0 Å². The molecule has 2 aromatic carbocycles. The number of carbonyl (C=O) groups excluding carboxylic acids is 3. The normalized spacial score (nSPS) is 14.5. The van der Waals surface area contributed by atoms with Gasteiger partial charge in [-0.15, -0.1) is 0 Å². The van der Waals surface area contributed by atoms with E-state index in [1.165, 1.54) is 6.07 Å². The molecule has 0 saturated carbocycles. The summed E-state index contributed by atoms with van der Waals surface area (Å²) in [6.45, 7) is 0.450. The fraction of sp³-hybridized carbons (Fsp3) is 0.250. The standard InChI is InChI=1S/C20H16N2O8/c23-18-12-4-1-2-5-13(12)19(24)21(18)6-3-7-30-20(25)14-10-16-17(29-9-8-28-16)11-15(14)22(26)27/h1-2,4-5,10-11H,3,6-9H2. The van der Waals surface area contributed by atoms with Gasteiger partial charge >= 0.3 is 5.97 Å². The molecule has 0 atom stereocenters. The first kappa shape index (κ1) is 19.4. The first-order chi connectivity index (χ1) is 14.5. The fourth-order valence-electron chi connectivity index (χ4n) is 3.30. The molecule has 0 N–H and O–H groups in total. The molecular formula is C20H16N2O8. The Balaban J connectivity index is 1.38. The van der Waals surface area contributed by atoms with Crippen LogP contribution in [-0.4, -0.2) is 54.0 Å². The molecule has 2 aliphatic rings. The van der Waals surface area contributed by atoms with E-state index in [1.54, 1.807) is 24.3 Å². The Morgan fingerprint density at radius 2 is 1.67 bits per heavy atom. The molecule has 0 aromatic heterocycles. The fourth-order valence-corrected chi connectivity index (χ4v) is 3.30. The molecule has 0 aliphatic carbocycles. The number of fused-ring (bicyclic) bond motifs is 2. The molecule has 30 heavy (non-hydrogen) atoms. The number of benzene rings is 2. The minimum absolute atomic E-state index is 0.0584. The third-order valence-corrected chi connectivity index (χ3v) is 4.71. The van der Waals surface area contributed by atoms with Crippen LogP contribution in [0.4, 0.5) is 5.69 Å². The molecule has 2 aliphatic heterocycles. The van der Waals surface area contributed by atoms with E-state index in [0.29, 0.717) is 11.1 Å². The van der Waals surface area contributed by atoms with E-state index in [4.69, 9.17) is 14.2 Å². The summed E-state index contributed by atoms with van der Waals surface area (Å²) in [5.41, 5.74) is -0.0348. The third kappa shape index (κ3) is 3.43. The Kier molecular flexibility index (Phi) is 5.05. The van der Waals surface area contributed by atoms with Crippen molar-refractivity contribution in [2.45, 2.75) is 6.42 Å². The molecule has 0 unspecified atom stereocenters. The molecule has 154 valence electrons. The van der Waals surface area contributed by atoms with E-state index in [-0.39, 0.29) is 49.8 Å². The Morgan fingerprint density at radius 1 is 1.07 bits per heavy atom. The van der Waals surface area contributed by atoms with Gasteiger partial charge in [0.1, 0.15) is 18.8 Å². The summed E-state index contributed by atoms with van der Waals surface area (Å²) in [4.78, 5) is 48.7. The zero-order valence-corrected chi connectivity index (χ0v) is 15.7. The van der Waals surface area contributed by atoms with Gasteiger partial charge in [0.2, 0.25) is 0 Å². The van der Waals surface area contributed by atoms with E-state index in [2.05, 4.69) is 0 Å². The van der Waals surface area contributed by atoms with Gasteiger partial charge in [0.15, 0.2) is 11.5 Å². The van der Waals surface area contributed by atoms with Gasteiger partial charge in [-0.05, 0) is 18.6 Å². The Labute approximate surface area is 170 Å². The van der Waals surface area contributed by atoms with Gasteiger partial charge in [-0.25, -0.2) is 4.79 Å². The highest BCUT2D eigenvalue weighted by atomic mass is 16.6. The zero-order valence-electron chi connectivity index (χ0n) is 15.7. The number of imide groups is 1. The average molecular weight is 412 g/mol. The summed E-state index contributed by atoms with van der Waals surface area (Å²) >= 11 is 0. The molecule has 10 nitrogen and oxygen atoms in total. The van der Waals surface area contributed by atoms with E-state index in [0.717, 1.165) is 11.0 Å². The number of esters is 1. The van der Waals surface area contributed by atoms with Crippen molar-refractivity contribution in [3.63, 3.8) is 0 Å². The third-order valence-electron chi connectivity index (χ3n) is 4.71. The van der Waals surface area contributed by atoms with Crippen molar-refractivity contribution in [1.29, 1.82) is 0 Å².